The van der Waals surface area contributed by atoms with Gasteiger partial charge in [-0.15, -0.1) is 11.8 Å². The highest BCUT2D eigenvalue weighted by molar-refractivity contribution is 7.99. The van der Waals surface area contributed by atoms with Crippen molar-refractivity contribution in [1.29, 1.82) is 0 Å². The van der Waals surface area contributed by atoms with Crippen molar-refractivity contribution in [2.45, 2.75) is 54.0 Å². The minimum atomic E-state index is -0.500. The fourth-order valence-electron chi connectivity index (χ4n) is 2.89. The minimum Gasteiger partial charge on any atom is -0.468 e. The lowest BCUT2D eigenvalue weighted by molar-refractivity contribution is -0.148. The maximum atomic E-state index is 12.2. The Labute approximate surface area is 134 Å². The molecule has 0 aromatic carbocycles. The molecule has 4 nitrogen and oxygen atoms in total. The van der Waals surface area contributed by atoms with Crippen LogP contribution in [-0.2, 0) is 9.53 Å². The molecule has 2 aliphatic carbocycles. The summed E-state index contributed by atoms with van der Waals surface area (Å²) in [4.78, 5) is 16.5. The molecule has 2 fully saturated rings. The van der Waals surface area contributed by atoms with Crippen LogP contribution in [0, 0.1) is 0 Å². The molecule has 0 bridgehead atoms. The van der Waals surface area contributed by atoms with E-state index in [1.807, 2.05) is 12.1 Å². The van der Waals surface area contributed by atoms with Gasteiger partial charge in [0.05, 0.1) is 17.2 Å². The Morgan fingerprint density at radius 3 is 2.90 bits per heavy atom. The summed E-state index contributed by atoms with van der Waals surface area (Å²) in [6, 6.07) is 4.27. The SMILES string of the molecule is COC(=O)C1(NC2CC2)CCC(Sc2ccc(Cl)cn2)C1. The topological polar surface area (TPSA) is 51.2 Å². The molecule has 6 heteroatoms. The number of hydrogen-bond donors (Lipinski definition) is 1. The molecular weight excluding hydrogens is 308 g/mol. The van der Waals surface area contributed by atoms with E-state index in [2.05, 4.69) is 10.3 Å². The van der Waals surface area contributed by atoms with Gasteiger partial charge in [0.25, 0.3) is 0 Å². The Bertz CT molecular complexity index is 521. The number of hydrogen-bond acceptors (Lipinski definition) is 5. The number of nitrogens with one attached hydrogen (secondary N) is 1. The molecule has 2 unspecified atom stereocenters. The molecular formula is C15H19ClN2O2S. The second-order valence-corrected chi connectivity index (χ2v) is 7.55. The number of carbonyl (C=O) groups is 1. The molecule has 1 aromatic heterocycles. The normalized spacial score (nSPS) is 28.6. The molecule has 21 heavy (non-hydrogen) atoms. The molecule has 2 aliphatic rings. The Hall–Kier alpha value is -0.780. The minimum absolute atomic E-state index is 0.124. The van der Waals surface area contributed by atoms with Crippen LogP contribution in [0.1, 0.15) is 32.1 Å². The largest absolute Gasteiger partial charge is 0.468 e. The van der Waals surface area contributed by atoms with Gasteiger partial charge in [-0.3, -0.25) is 10.1 Å². The number of pyridine rings is 1. The van der Waals surface area contributed by atoms with Crippen molar-refractivity contribution in [3.8, 4) is 0 Å². The molecule has 114 valence electrons. The van der Waals surface area contributed by atoms with Crippen molar-refractivity contribution in [1.82, 2.24) is 10.3 Å². The van der Waals surface area contributed by atoms with Gasteiger partial charge in [-0.25, -0.2) is 4.98 Å². The fraction of sp³-hybridized carbons (Fsp3) is 0.600. The van der Waals surface area contributed by atoms with Crippen LogP contribution in [0.4, 0.5) is 0 Å². The Kier molecular flexibility index (Phi) is 4.43. The van der Waals surface area contributed by atoms with E-state index in [1.165, 1.54) is 7.11 Å². The van der Waals surface area contributed by atoms with E-state index in [0.29, 0.717) is 16.3 Å². The monoisotopic (exact) mass is 326 g/mol. The third-order valence-corrected chi connectivity index (χ3v) is 5.53. The van der Waals surface area contributed by atoms with Gasteiger partial charge in [-0.1, -0.05) is 11.6 Å². The number of carbonyl (C=O) groups excluding carboxylic acids is 1. The van der Waals surface area contributed by atoms with E-state index in [9.17, 15) is 4.79 Å². The van der Waals surface area contributed by atoms with E-state index < -0.39 is 5.54 Å². The number of methoxy groups -OCH3 is 1. The van der Waals surface area contributed by atoms with Gasteiger partial charge < -0.3 is 4.74 Å². The third-order valence-electron chi connectivity index (χ3n) is 4.09. The van der Waals surface area contributed by atoms with Gasteiger partial charge in [0, 0.05) is 17.5 Å². The average molecular weight is 327 g/mol. The number of thioether (sulfide) groups is 1. The quantitative estimate of drug-likeness (QED) is 0.843. The zero-order valence-corrected chi connectivity index (χ0v) is 13.5. The molecule has 1 heterocycles. The summed E-state index contributed by atoms with van der Waals surface area (Å²) >= 11 is 7.58. The van der Waals surface area contributed by atoms with Gasteiger partial charge in [0.15, 0.2) is 0 Å². The van der Waals surface area contributed by atoms with Gasteiger partial charge in [-0.05, 0) is 44.2 Å². The van der Waals surface area contributed by atoms with Gasteiger partial charge in [0.1, 0.15) is 5.54 Å². The highest BCUT2D eigenvalue weighted by atomic mass is 35.5. The van der Waals surface area contributed by atoms with Gasteiger partial charge >= 0.3 is 5.97 Å². The molecule has 1 N–H and O–H groups in total. The van der Waals surface area contributed by atoms with Crippen molar-refractivity contribution in [3.05, 3.63) is 23.4 Å². The van der Waals surface area contributed by atoms with Crippen LogP contribution >= 0.6 is 23.4 Å². The van der Waals surface area contributed by atoms with Crippen LogP contribution in [0.25, 0.3) is 0 Å². The Morgan fingerprint density at radius 2 is 2.29 bits per heavy atom. The predicted octanol–water partition coefficient (Wildman–Crippen LogP) is 3.04. The molecule has 2 atom stereocenters. The van der Waals surface area contributed by atoms with Crippen molar-refractivity contribution in [2.75, 3.05) is 7.11 Å². The maximum absolute atomic E-state index is 12.2. The van der Waals surface area contributed by atoms with Crippen molar-refractivity contribution in [2.24, 2.45) is 0 Å². The van der Waals surface area contributed by atoms with E-state index in [-0.39, 0.29) is 5.97 Å². The predicted molar refractivity (Wildman–Crippen MR) is 83.6 cm³/mol. The number of halogens is 1. The number of ether oxygens (including phenoxy) is 1. The molecule has 0 amide bonds. The molecule has 0 radical (unpaired) electrons. The highest BCUT2D eigenvalue weighted by Gasteiger charge is 2.49. The maximum Gasteiger partial charge on any atom is 0.326 e. The summed E-state index contributed by atoms with van der Waals surface area (Å²) in [7, 11) is 1.47. The third kappa shape index (κ3) is 3.52. The standard InChI is InChI=1S/C15H19ClN2O2S/c1-20-14(19)15(18-11-3-4-11)7-6-12(8-15)21-13-5-2-10(16)9-17-13/h2,5,9,11-12,18H,3-4,6-8H2,1H3. The van der Waals surface area contributed by atoms with E-state index in [1.54, 1.807) is 18.0 Å². The number of nitrogens with zero attached hydrogens (tertiary/aromatic N) is 1. The summed E-state index contributed by atoms with van der Waals surface area (Å²) in [5, 5.41) is 5.49. The summed E-state index contributed by atoms with van der Waals surface area (Å²) in [6.07, 6.45) is 6.61. The molecule has 2 saturated carbocycles. The van der Waals surface area contributed by atoms with Crippen LogP contribution in [-0.4, -0.2) is 34.9 Å². The first-order valence-electron chi connectivity index (χ1n) is 7.26. The average Bonchev–Trinajstić information content (AvgIpc) is 3.20. The van der Waals surface area contributed by atoms with Gasteiger partial charge in [-0.2, -0.15) is 0 Å². The van der Waals surface area contributed by atoms with Crippen LogP contribution in [0.3, 0.4) is 0 Å². The van der Waals surface area contributed by atoms with Crippen LogP contribution in [0.15, 0.2) is 23.4 Å². The molecule has 0 saturated heterocycles. The molecule has 1 aromatic rings. The lowest BCUT2D eigenvalue weighted by atomic mass is 9.97. The Balaban J connectivity index is 1.66. The smallest absolute Gasteiger partial charge is 0.326 e. The highest BCUT2D eigenvalue weighted by Crippen LogP contribution is 2.42. The summed E-state index contributed by atoms with van der Waals surface area (Å²) in [6.45, 7) is 0. The van der Waals surface area contributed by atoms with E-state index >= 15 is 0 Å². The zero-order chi connectivity index (χ0) is 14.9. The summed E-state index contributed by atoms with van der Waals surface area (Å²) in [5.74, 6) is -0.124. The zero-order valence-electron chi connectivity index (χ0n) is 12.0. The van der Waals surface area contributed by atoms with Crippen LogP contribution in [0.2, 0.25) is 5.02 Å². The first-order chi connectivity index (χ1) is 10.1. The second-order valence-electron chi connectivity index (χ2n) is 5.79. The molecule has 0 spiro atoms. The lowest BCUT2D eigenvalue weighted by Gasteiger charge is -2.27. The van der Waals surface area contributed by atoms with Gasteiger partial charge in [0.2, 0.25) is 0 Å². The molecule has 3 rings (SSSR count). The van der Waals surface area contributed by atoms with Crippen LogP contribution in [0.5, 0.6) is 0 Å². The second kappa shape index (κ2) is 6.15. The van der Waals surface area contributed by atoms with E-state index in [0.717, 1.165) is 37.1 Å². The summed E-state index contributed by atoms with van der Waals surface area (Å²) in [5.41, 5.74) is -0.500. The number of aromatic nitrogens is 1. The van der Waals surface area contributed by atoms with Crippen LogP contribution < -0.4 is 5.32 Å². The number of esters is 1. The Morgan fingerprint density at radius 1 is 1.48 bits per heavy atom. The fourth-order valence-corrected chi connectivity index (χ4v) is 4.21. The van der Waals surface area contributed by atoms with E-state index in [4.69, 9.17) is 16.3 Å². The first-order valence-corrected chi connectivity index (χ1v) is 8.51. The lowest BCUT2D eigenvalue weighted by Crippen LogP contribution is -2.52. The van der Waals surface area contributed by atoms with Crippen molar-refractivity contribution >= 4 is 29.3 Å². The summed E-state index contributed by atoms with van der Waals surface area (Å²) < 4.78 is 5.04. The number of rotatable bonds is 5. The molecule has 0 aliphatic heterocycles. The van der Waals surface area contributed by atoms with Crippen molar-refractivity contribution in [3.63, 3.8) is 0 Å². The first kappa shape index (κ1) is 15.1. The van der Waals surface area contributed by atoms with Crippen molar-refractivity contribution < 1.29 is 9.53 Å².